The van der Waals surface area contributed by atoms with Crippen molar-refractivity contribution < 1.29 is 9.47 Å². The van der Waals surface area contributed by atoms with Gasteiger partial charge in [-0.15, -0.1) is 0 Å². The summed E-state index contributed by atoms with van der Waals surface area (Å²) in [6.45, 7) is 0.549. The van der Waals surface area contributed by atoms with E-state index in [9.17, 15) is 0 Å². The van der Waals surface area contributed by atoms with Gasteiger partial charge in [-0.1, -0.05) is 60.7 Å². The Hall–Kier alpha value is -4.24. The number of nitrogens with zero attached hydrogens (tertiary/aromatic N) is 1. The lowest BCUT2D eigenvalue weighted by Gasteiger charge is -2.26. The van der Waals surface area contributed by atoms with Crippen molar-refractivity contribution in [2.75, 3.05) is 12.0 Å². The van der Waals surface area contributed by atoms with Crippen molar-refractivity contribution in [2.24, 2.45) is 0 Å². The molecule has 0 saturated carbocycles. The van der Waals surface area contributed by atoms with E-state index in [4.69, 9.17) is 9.47 Å². The Balaban J connectivity index is 1.47. The van der Waals surface area contributed by atoms with Crippen LogP contribution in [0.5, 0.6) is 11.5 Å². The molecule has 5 rings (SSSR count). The van der Waals surface area contributed by atoms with Crippen LogP contribution in [-0.4, -0.2) is 7.11 Å². The highest BCUT2D eigenvalue weighted by atomic mass is 16.5. The maximum Gasteiger partial charge on any atom is 0.119 e. The number of fused-ring (bicyclic) bond motifs is 1. The van der Waals surface area contributed by atoms with Crippen LogP contribution < -0.4 is 14.4 Å². The van der Waals surface area contributed by atoms with Crippen LogP contribution in [0.3, 0.4) is 0 Å². The normalized spacial score (nSPS) is 10.7. The van der Waals surface area contributed by atoms with Crippen molar-refractivity contribution in [2.45, 2.75) is 6.61 Å². The van der Waals surface area contributed by atoms with Crippen LogP contribution in [0, 0.1) is 0 Å². The first kappa shape index (κ1) is 20.7. The highest BCUT2D eigenvalue weighted by molar-refractivity contribution is 5.89. The fourth-order valence-corrected chi connectivity index (χ4v) is 3.93. The molecule has 0 fully saturated rings. The summed E-state index contributed by atoms with van der Waals surface area (Å²) in [5.74, 6) is 1.68. The van der Waals surface area contributed by atoms with Gasteiger partial charge in [-0.2, -0.15) is 0 Å². The van der Waals surface area contributed by atoms with Gasteiger partial charge in [-0.05, 0) is 77.0 Å². The number of rotatable bonds is 7. The molecule has 3 nitrogen and oxygen atoms in total. The Morgan fingerprint density at radius 1 is 0.545 bits per heavy atom. The molecular weight excluding hydrogens is 406 g/mol. The minimum atomic E-state index is 0.549. The Bertz CT molecular complexity index is 1330. The fourth-order valence-electron chi connectivity index (χ4n) is 3.93. The number of hydrogen-bond acceptors (Lipinski definition) is 3. The summed E-state index contributed by atoms with van der Waals surface area (Å²) in [5.41, 5.74) is 4.36. The van der Waals surface area contributed by atoms with Gasteiger partial charge in [0.25, 0.3) is 0 Å². The Kier molecular flexibility index (Phi) is 5.94. The molecule has 0 aromatic heterocycles. The van der Waals surface area contributed by atoms with Crippen molar-refractivity contribution >= 4 is 27.8 Å². The van der Waals surface area contributed by atoms with E-state index in [-0.39, 0.29) is 0 Å². The largest absolute Gasteiger partial charge is 0.497 e. The van der Waals surface area contributed by atoms with Crippen LogP contribution >= 0.6 is 0 Å². The van der Waals surface area contributed by atoms with Gasteiger partial charge in [0.1, 0.15) is 18.1 Å². The molecule has 0 aliphatic heterocycles. The van der Waals surface area contributed by atoms with Gasteiger partial charge in [0.05, 0.1) is 7.11 Å². The summed E-state index contributed by atoms with van der Waals surface area (Å²) >= 11 is 0. The average molecular weight is 432 g/mol. The molecule has 33 heavy (non-hydrogen) atoms. The summed E-state index contributed by atoms with van der Waals surface area (Å²) in [6, 6.07) is 41.5. The number of ether oxygens (including phenoxy) is 2. The van der Waals surface area contributed by atoms with Crippen molar-refractivity contribution in [1.29, 1.82) is 0 Å². The van der Waals surface area contributed by atoms with Crippen molar-refractivity contribution in [3.05, 3.63) is 127 Å². The van der Waals surface area contributed by atoms with Gasteiger partial charge in [0, 0.05) is 17.1 Å². The molecule has 162 valence electrons. The van der Waals surface area contributed by atoms with Crippen LogP contribution in [0.25, 0.3) is 10.8 Å². The molecule has 0 aliphatic rings. The fraction of sp³-hybridized carbons (Fsp3) is 0.0667. The number of anilines is 3. The Morgan fingerprint density at radius 3 is 1.79 bits per heavy atom. The second-order valence-electron chi connectivity index (χ2n) is 7.83. The molecule has 5 aromatic carbocycles. The van der Waals surface area contributed by atoms with Crippen LogP contribution in [-0.2, 0) is 6.61 Å². The molecule has 0 unspecified atom stereocenters. The first-order valence-electron chi connectivity index (χ1n) is 11.0. The van der Waals surface area contributed by atoms with Gasteiger partial charge >= 0.3 is 0 Å². The second kappa shape index (κ2) is 9.49. The summed E-state index contributed by atoms with van der Waals surface area (Å²) in [4.78, 5) is 2.24. The zero-order valence-corrected chi connectivity index (χ0v) is 18.5. The predicted molar refractivity (Wildman–Crippen MR) is 136 cm³/mol. The molecule has 0 saturated heterocycles. The first-order valence-corrected chi connectivity index (χ1v) is 11.0. The molecule has 0 aliphatic carbocycles. The third-order valence-electron chi connectivity index (χ3n) is 5.67. The van der Waals surface area contributed by atoms with E-state index in [0.717, 1.165) is 34.1 Å². The number of benzene rings is 5. The molecule has 0 radical (unpaired) electrons. The molecule has 3 heteroatoms. The van der Waals surface area contributed by atoms with Crippen LogP contribution in [0.2, 0.25) is 0 Å². The topological polar surface area (TPSA) is 21.7 Å². The van der Waals surface area contributed by atoms with Gasteiger partial charge < -0.3 is 14.4 Å². The molecule has 5 aromatic rings. The molecule has 0 N–H and O–H groups in total. The van der Waals surface area contributed by atoms with Gasteiger partial charge in [-0.25, -0.2) is 0 Å². The quantitative estimate of drug-likeness (QED) is 0.261. The van der Waals surface area contributed by atoms with Crippen molar-refractivity contribution in [1.82, 2.24) is 0 Å². The zero-order valence-electron chi connectivity index (χ0n) is 18.5. The molecule has 0 bridgehead atoms. The van der Waals surface area contributed by atoms with Crippen LogP contribution in [0.4, 0.5) is 17.1 Å². The van der Waals surface area contributed by atoms with E-state index >= 15 is 0 Å². The minimum absolute atomic E-state index is 0.549. The lowest BCUT2D eigenvalue weighted by molar-refractivity contribution is 0.306. The number of methoxy groups -OCH3 is 1. The molecule has 0 spiro atoms. The van der Waals surface area contributed by atoms with E-state index in [1.54, 1.807) is 7.11 Å². The van der Waals surface area contributed by atoms with E-state index in [1.165, 1.54) is 10.8 Å². The van der Waals surface area contributed by atoms with Crippen LogP contribution in [0.1, 0.15) is 5.56 Å². The van der Waals surface area contributed by atoms with Gasteiger partial charge in [0.2, 0.25) is 0 Å². The van der Waals surface area contributed by atoms with Crippen LogP contribution in [0.15, 0.2) is 121 Å². The maximum absolute atomic E-state index is 5.99. The van der Waals surface area contributed by atoms with E-state index in [2.05, 4.69) is 83.8 Å². The van der Waals surface area contributed by atoms with Gasteiger partial charge in [-0.3, -0.25) is 0 Å². The predicted octanol–water partition coefficient (Wildman–Crippen LogP) is 7.90. The third-order valence-corrected chi connectivity index (χ3v) is 5.67. The average Bonchev–Trinajstić information content (AvgIpc) is 2.89. The maximum atomic E-state index is 5.99. The molecular formula is C30H25NO2. The standard InChI is InChI=1S/C30H25NO2/c1-32-29-17-13-26(14-18-29)31(28-12-11-24-9-5-6-10-25(24)21-28)27-15-19-30(20-16-27)33-22-23-7-3-2-4-8-23/h2-21H,22H2,1H3. The highest BCUT2D eigenvalue weighted by Gasteiger charge is 2.13. The first-order chi connectivity index (χ1) is 16.3. The minimum Gasteiger partial charge on any atom is -0.497 e. The second-order valence-corrected chi connectivity index (χ2v) is 7.83. The van der Waals surface area contributed by atoms with Crippen molar-refractivity contribution in [3.8, 4) is 11.5 Å². The smallest absolute Gasteiger partial charge is 0.119 e. The molecule has 0 amide bonds. The summed E-state index contributed by atoms with van der Waals surface area (Å²) in [5, 5.41) is 2.43. The van der Waals surface area contributed by atoms with Crippen molar-refractivity contribution in [3.63, 3.8) is 0 Å². The Morgan fingerprint density at radius 2 is 1.12 bits per heavy atom. The zero-order chi connectivity index (χ0) is 22.5. The van der Waals surface area contributed by atoms with E-state index < -0.39 is 0 Å². The summed E-state index contributed by atoms with van der Waals surface area (Å²) in [6.07, 6.45) is 0. The lowest BCUT2D eigenvalue weighted by Crippen LogP contribution is -2.10. The van der Waals surface area contributed by atoms with E-state index in [1.807, 2.05) is 42.5 Å². The molecule has 0 atom stereocenters. The lowest BCUT2D eigenvalue weighted by atomic mass is 10.1. The highest BCUT2D eigenvalue weighted by Crippen LogP contribution is 2.37. The SMILES string of the molecule is COc1ccc(N(c2ccc(OCc3ccccc3)cc2)c2ccc3ccccc3c2)cc1. The summed E-state index contributed by atoms with van der Waals surface area (Å²) in [7, 11) is 1.68. The van der Waals surface area contributed by atoms with Gasteiger partial charge in [0.15, 0.2) is 0 Å². The summed E-state index contributed by atoms with van der Waals surface area (Å²) < 4.78 is 11.4. The Labute approximate surface area is 194 Å². The number of hydrogen-bond donors (Lipinski definition) is 0. The third kappa shape index (κ3) is 4.68. The van der Waals surface area contributed by atoms with E-state index in [0.29, 0.717) is 6.61 Å². The molecule has 0 heterocycles. The monoisotopic (exact) mass is 431 g/mol.